The van der Waals surface area contributed by atoms with Crippen LogP contribution in [0.4, 0.5) is 17.1 Å². The summed E-state index contributed by atoms with van der Waals surface area (Å²) in [7, 11) is 0. The SMILES string of the molecule is c1ccc(-c2ccc(N(c3ccc(-c4cc5ccccc5c5c4ccc4ccccc45)cc3)c3ccc(-c4cccc5c4sc4ccccc45)cc3)cc2)cc1. The topological polar surface area (TPSA) is 3.24 Å². The molecule has 56 heavy (non-hydrogen) atoms. The summed E-state index contributed by atoms with van der Waals surface area (Å²) in [5.41, 5.74) is 10.7. The van der Waals surface area contributed by atoms with Crippen LogP contribution in [0.2, 0.25) is 0 Å². The van der Waals surface area contributed by atoms with Gasteiger partial charge in [-0.05, 0) is 114 Å². The lowest BCUT2D eigenvalue weighted by atomic mass is 9.90. The Morgan fingerprint density at radius 3 is 1.52 bits per heavy atom. The molecular formula is C54H35NS. The van der Waals surface area contributed by atoms with Crippen molar-refractivity contribution < 1.29 is 0 Å². The molecule has 0 atom stereocenters. The van der Waals surface area contributed by atoms with Gasteiger partial charge in [0.15, 0.2) is 0 Å². The molecule has 0 aliphatic rings. The number of hydrogen-bond donors (Lipinski definition) is 0. The van der Waals surface area contributed by atoms with Crippen LogP contribution in [0.5, 0.6) is 0 Å². The summed E-state index contributed by atoms with van der Waals surface area (Å²) in [5, 5.41) is 10.3. The lowest BCUT2D eigenvalue weighted by Crippen LogP contribution is -2.09. The third-order valence-corrected chi connectivity index (χ3v) is 12.5. The van der Waals surface area contributed by atoms with E-state index >= 15 is 0 Å². The summed E-state index contributed by atoms with van der Waals surface area (Å²) in [6.45, 7) is 0. The Kier molecular flexibility index (Phi) is 7.75. The van der Waals surface area contributed by atoms with Gasteiger partial charge in [-0.25, -0.2) is 0 Å². The number of anilines is 3. The molecule has 0 saturated heterocycles. The van der Waals surface area contributed by atoms with E-state index in [1.54, 1.807) is 0 Å². The van der Waals surface area contributed by atoms with E-state index < -0.39 is 0 Å². The van der Waals surface area contributed by atoms with Crippen molar-refractivity contribution in [3.05, 3.63) is 212 Å². The Balaban J connectivity index is 1.02. The lowest BCUT2D eigenvalue weighted by molar-refractivity contribution is 1.28. The first-order chi connectivity index (χ1) is 27.8. The van der Waals surface area contributed by atoms with Crippen LogP contribution in [0.1, 0.15) is 0 Å². The zero-order chi connectivity index (χ0) is 37.0. The zero-order valence-corrected chi connectivity index (χ0v) is 31.4. The first-order valence-corrected chi connectivity index (χ1v) is 20.0. The van der Waals surface area contributed by atoms with Gasteiger partial charge in [0, 0.05) is 37.2 Å². The predicted octanol–water partition coefficient (Wildman–Crippen LogP) is 16.0. The number of benzene rings is 10. The normalized spacial score (nSPS) is 11.6. The summed E-state index contributed by atoms with van der Waals surface area (Å²) in [4.78, 5) is 2.37. The Hall–Kier alpha value is -7.00. The van der Waals surface area contributed by atoms with Crippen molar-refractivity contribution in [1.82, 2.24) is 0 Å². The van der Waals surface area contributed by atoms with E-state index in [4.69, 9.17) is 0 Å². The summed E-state index contributed by atoms with van der Waals surface area (Å²) >= 11 is 1.88. The molecule has 0 spiro atoms. The lowest BCUT2D eigenvalue weighted by Gasteiger charge is -2.26. The maximum Gasteiger partial charge on any atom is 0.0462 e. The minimum absolute atomic E-state index is 1.11. The maximum atomic E-state index is 2.37. The maximum absolute atomic E-state index is 2.37. The van der Waals surface area contributed by atoms with Gasteiger partial charge in [0.2, 0.25) is 0 Å². The van der Waals surface area contributed by atoms with Gasteiger partial charge >= 0.3 is 0 Å². The Morgan fingerprint density at radius 2 is 0.821 bits per heavy atom. The average molecular weight is 730 g/mol. The molecule has 0 fully saturated rings. The Labute approximate surface area is 330 Å². The zero-order valence-electron chi connectivity index (χ0n) is 30.6. The highest BCUT2D eigenvalue weighted by Crippen LogP contribution is 2.43. The summed E-state index contributed by atoms with van der Waals surface area (Å²) < 4.78 is 2.66. The second-order valence-electron chi connectivity index (χ2n) is 14.5. The molecule has 0 amide bonds. The molecule has 0 bridgehead atoms. The molecule has 1 nitrogen and oxygen atoms in total. The van der Waals surface area contributed by atoms with Crippen LogP contribution < -0.4 is 4.90 Å². The molecule has 1 aromatic heterocycles. The van der Waals surface area contributed by atoms with E-state index in [2.05, 4.69) is 217 Å². The van der Waals surface area contributed by atoms with Gasteiger partial charge in [0.1, 0.15) is 0 Å². The highest BCUT2D eigenvalue weighted by molar-refractivity contribution is 7.26. The molecule has 0 unspecified atom stereocenters. The van der Waals surface area contributed by atoms with Gasteiger partial charge in [-0.15, -0.1) is 11.3 Å². The Morgan fingerprint density at radius 1 is 0.304 bits per heavy atom. The van der Waals surface area contributed by atoms with Crippen LogP contribution in [0.25, 0.3) is 85.9 Å². The van der Waals surface area contributed by atoms with E-state index in [9.17, 15) is 0 Å². The van der Waals surface area contributed by atoms with E-state index in [0.29, 0.717) is 0 Å². The summed E-state index contributed by atoms with van der Waals surface area (Å²) in [6, 6.07) is 77.6. The van der Waals surface area contributed by atoms with Crippen LogP contribution in [0, 0.1) is 0 Å². The van der Waals surface area contributed by atoms with Gasteiger partial charge in [-0.3, -0.25) is 0 Å². The highest BCUT2D eigenvalue weighted by Gasteiger charge is 2.17. The summed E-state index contributed by atoms with van der Waals surface area (Å²) in [5.74, 6) is 0. The standard InChI is InChI=1S/C54H35NS/c1-2-11-36(12-3-1)37-21-28-42(29-22-37)55(43-30-23-39(24-31-43)47-18-10-19-50-48-17-8-9-20-52(48)56-54(47)50)44-32-25-40(26-33-44)51-35-41-14-5-7-16-46(41)53-45-15-6-4-13-38(45)27-34-49(51)53/h1-35H. The van der Waals surface area contributed by atoms with Gasteiger partial charge in [-0.1, -0.05) is 164 Å². The van der Waals surface area contributed by atoms with Crippen LogP contribution in [0.15, 0.2) is 212 Å². The molecule has 2 heteroatoms. The van der Waals surface area contributed by atoms with E-state index in [0.717, 1.165) is 17.1 Å². The molecule has 11 aromatic rings. The second kappa shape index (κ2) is 13.4. The smallest absolute Gasteiger partial charge is 0.0462 e. The van der Waals surface area contributed by atoms with Crippen molar-refractivity contribution in [3.63, 3.8) is 0 Å². The molecule has 1 heterocycles. The molecule has 11 rings (SSSR count). The van der Waals surface area contributed by atoms with Crippen LogP contribution in [-0.4, -0.2) is 0 Å². The van der Waals surface area contributed by atoms with Gasteiger partial charge < -0.3 is 4.90 Å². The van der Waals surface area contributed by atoms with Crippen molar-refractivity contribution >= 4 is 80.9 Å². The molecule has 10 aromatic carbocycles. The fourth-order valence-corrected chi connectivity index (χ4v) is 9.78. The molecule has 262 valence electrons. The highest BCUT2D eigenvalue weighted by atomic mass is 32.1. The number of thiophene rings is 1. The molecule has 0 saturated carbocycles. The van der Waals surface area contributed by atoms with Crippen molar-refractivity contribution in [1.29, 1.82) is 0 Å². The molecule has 0 N–H and O–H groups in total. The molecule has 0 radical (unpaired) electrons. The van der Waals surface area contributed by atoms with Crippen molar-refractivity contribution in [2.75, 3.05) is 4.90 Å². The first kappa shape index (κ1) is 32.4. The molecule has 0 aliphatic carbocycles. The van der Waals surface area contributed by atoms with Gasteiger partial charge in [-0.2, -0.15) is 0 Å². The molecular weight excluding hydrogens is 695 g/mol. The third kappa shape index (κ3) is 5.46. The average Bonchev–Trinajstić information content (AvgIpc) is 3.66. The van der Waals surface area contributed by atoms with E-state index in [1.165, 1.54) is 85.9 Å². The largest absolute Gasteiger partial charge is 0.311 e. The number of nitrogens with zero attached hydrogens (tertiary/aromatic N) is 1. The number of rotatable bonds is 6. The minimum atomic E-state index is 1.11. The quantitative estimate of drug-likeness (QED) is 0.154. The Bertz CT molecular complexity index is 3200. The first-order valence-electron chi connectivity index (χ1n) is 19.2. The number of hydrogen-bond acceptors (Lipinski definition) is 2. The van der Waals surface area contributed by atoms with E-state index in [1.807, 2.05) is 11.3 Å². The second-order valence-corrected chi connectivity index (χ2v) is 15.5. The molecule has 0 aliphatic heterocycles. The van der Waals surface area contributed by atoms with Gasteiger partial charge in [0.05, 0.1) is 0 Å². The van der Waals surface area contributed by atoms with Crippen LogP contribution >= 0.6 is 11.3 Å². The fourth-order valence-electron chi connectivity index (χ4n) is 8.54. The van der Waals surface area contributed by atoms with Crippen LogP contribution in [0.3, 0.4) is 0 Å². The predicted molar refractivity (Wildman–Crippen MR) is 243 cm³/mol. The van der Waals surface area contributed by atoms with Gasteiger partial charge in [0.25, 0.3) is 0 Å². The number of fused-ring (bicyclic) bond motifs is 8. The third-order valence-electron chi connectivity index (χ3n) is 11.3. The fraction of sp³-hybridized carbons (Fsp3) is 0. The monoisotopic (exact) mass is 729 g/mol. The van der Waals surface area contributed by atoms with Crippen molar-refractivity contribution in [3.8, 4) is 33.4 Å². The van der Waals surface area contributed by atoms with E-state index in [-0.39, 0.29) is 0 Å². The van der Waals surface area contributed by atoms with Crippen molar-refractivity contribution in [2.45, 2.75) is 0 Å². The summed E-state index contributed by atoms with van der Waals surface area (Å²) in [6.07, 6.45) is 0. The van der Waals surface area contributed by atoms with Crippen LogP contribution in [-0.2, 0) is 0 Å². The minimum Gasteiger partial charge on any atom is -0.311 e. The van der Waals surface area contributed by atoms with Crippen molar-refractivity contribution in [2.24, 2.45) is 0 Å².